The average molecular weight is 581 g/mol. The highest BCUT2D eigenvalue weighted by molar-refractivity contribution is 6.20. The Balaban J connectivity index is 1.32. The van der Waals surface area contributed by atoms with E-state index in [1.54, 1.807) is 24.3 Å². The highest BCUT2D eigenvalue weighted by atomic mass is 19.4. The number of aromatic amines is 1. The molecule has 2 aliphatic heterocycles. The number of halogens is 3. The topological polar surface area (TPSA) is 153 Å². The van der Waals surface area contributed by atoms with Crippen LogP contribution in [0.3, 0.4) is 0 Å². The molecule has 3 aromatic rings. The summed E-state index contributed by atoms with van der Waals surface area (Å²) in [4.78, 5) is 70.0. The lowest BCUT2D eigenvalue weighted by Crippen LogP contribution is -2.54. The molecule has 11 nitrogen and oxygen atoms in total. The number of amides is 5. The fourth-order valence-electron chi connectivity index (χ4n) is 4.82. The maximum absolute atomic E-state index is 13.1. The summed E-state index contributed by atoms with van der Waals surface area (Å²) in [7, 11) is 0. The lowest BCUT2D eigenvalue weighted by molar-refractivity contribution is -0.149. The lowest BCUT2D eigenvalue weighted by atomic mass is 9.92. The number of alkyl halides is 3. The molecule has 1 aromatic heterocycles. The van der Waals surface area contributed by atoms with Crippen LogP contribution in [0.2, 0.25) is 0 Å². The van der Waals surface area contributed by atoms with Crippen molar-refractivity contribution >= 4 is 40.9 Å². The molecule has 5 rings (SSSR count). The van der Waals surface area contributed by atoms with E-state index in [9.17, 15) is 37.1 Å². The molecule has 42 heavy (non-hydrogen) atoms. The summed E-state index contributed by atoms with van der Waals surface area (Å²) in [5, 5.41) is 7.52. The predicted octanol–water partition coefficient (Wildman–Crippen LogP) is 3.06. The minimum Gasteiger partial charge on any atom is -0.351 e. The number of piperidine rings is 1. The van der Waals surface area contributed by atoms with E-state index in [0.717, 1.165) is 23.1 Å². The van der Waals surface area contributed by atoms with Gasteiger partial charge < -0.3 is 15.6 Å². The fraction of sp³-hybridized carbons (Fsp3) is 0.214. The quantitative estimate of drug-likeness (QED) is 0.299. The Morgan fingerprint density at radius 2 is 1.83 bits per heavy atom. The van der Waals surface area contributed by atoms with Crippen molar-refractivity contribution in [2.24, 2.45) is 0 Å². The van der Waals surface area contributed by atoms with Gasteiger partial charge in [0, 0.05) is 48.1 Å². The van der Waals surface area contributed by atoms with E-state index in [1.807, 2.05) is 0 Å². The molecular formula is C28H23F3N6O5. The third kappa shape index (κ3) is 6.06. The Hall–Kier alpha value is -5.27. The van der Waals surface area contributed by atoms with Crippen LogP contribution in [0.4, 0.5) is 24.5 Å². The molecule has 2 unspecified atom stereocenters. The smallest absolute Gasteiger partial charge is 0.351 e. The van der Waals surface area contributed by atoms with E-state index >= 15 is 0 Å². The second-order valence-electron chi connectivity index (χ2n) is 9.68. The van der Waals surface area contributed by atoms with Crippen LogP contribution >= 0.6 is 0 Å². The normalized spacial score (nSPS) is 18.0. The molecule has 0 spiro atoms. The molecule has 216 valence electrons. The maximum Gasteiger partial charge on any atom is 0.416 e. The first kappa shape index (κ1) is 28.3. The molecule has 5 amide bonds. The largest absolute Gasteiger partial charge is 0.416 e. The molecule has 0 radical (unpaired) electrons. The molecule has 0 bridgehead atoms. The van der Waals surface area contributed by atoms with Crippen LogP contribution in [0.5, 0.6) is 0 Å². The molecule has 0 saturated carbocycles. The fourth-order valence-corrected chi connectivity index (χ4v) is 4.82. The molecule has 1 fully saturated rings. The summed E-state index contributed by atoms with van der Waals surface area (Å²) in [6, 6.07) is 9.86. The molecule has 2 aromatic carbocycles. The number of hydrogen-bond donors (Lipinski definition) is 4. The van der Waals surface area contributed by atoms with Crippen LogP contribution in [0.25, 0.3) is 0 Å². The number of benzene rings is 2. The number of carbonyl (C=O) groups excluding carboxylic acids is 5. The predicted molar refractivity (Wildman–Crippen MR) is 141 cm³/mol. The van der Waals surface area contributed by atoms with Gasteiger partial charge in [-0.2, -0.15) is 13.2 Å². The first-order valence-corrected chi connectivity index (χ1v) is 12.7. The summed E-state index contributed by atoms with van der Waals surface area (Å²) in [5.41, 5.74) is 0.569. The average Bonchev–Trinajstić information content (AvgIpc) is 3.56. The van der Waals surface area contributed by atoms with Crippen LogP contribution in [0, 0.1) is 0 Å². The number of anilines is 2. The molecule has 3 heterocycles. The zero-order valence-corrected chi connectivity index (χ0v) is 21.7. The van der Waals surface area contributed by atoms with Crippen molar-refractivity contribution in [2.75, 3.05) is 10.6 Å². The highest BCUT2D eigenvalue weighted by Gasteiger charge is 2.42. The molecule has 4 N–H and O–H groups in total. The first-order chi connectivity index (χ1) is 20.0. The van der Waals surface area contributed by atoms with Gasteiger partial charge in [-0.3, -0.25) is 34.2 Å². The van der Waals surface area contributed by atoms with Gasteiger partial charge in [-0.1, -0.05) is 18.2 Å². The second-order valence-corrected chi connectivity index (χ2v) is 9.68. The minimum absolute atomic E-state index is 0.00535. The van der Waals surface area contributed by atoms with Gasteiger partial charge in [-0.05, 0) is 42.3 Å². The molecule has 0 aliphatic carbocycles. The summed E-state index contributed by atoms with van der Waals surface area (Å²) in [6.07, 6.45) is -0.707. The monoisotopic (exact) mass is 580 g/mol. The maximum atomic E-state index is 13.1. The van der Waals surface area contributed by atoms with Crippen molar-refractivity contribution < 1.29 is 37.1 Å². The Morgan fingerprint density at radius 3 is 2.55 bits per heavy atom. The molecule has 2 aliphatic rings. The van der Waals surface area contributed by atoms with Gasteiger partial charge in [-0.25, -0.2) is 4.98 Å². The Labute approximate surface area is 236 Å². The van der Waals surface area contributed by atoms with Gasteiger partial charge in [0.1, 0.15) is 11.7 Å². The number of nitrogens with one attached hydrogen (secondary N) is 4. The van der Waals surface area contributed by atoms with Gasteiger partial charge in [0.2, 0.25) is 17.7 Å². The Bertz CT molecular complexity index is 1600. The summed E-state index contributed by atoms with van der Waals surface area (Å²) < 4.78 is 39.3. The van der Waals surface area contributed by atoms with Crippen molar-refractivity contribution in [1.82, 2.24) is 20.2 Å². The number of imide groups is 2. The van der Waals surface area contributed by atoms with Crippen molar-refractivity contribution in [3.63, 3.8) is 0 Å². The summed E-state index contributed by atoms with van der Waals surface area (Å²) in [6.45, 7) is 0. The van der Waals surface area contributed by atoms with Crippen LogP contribution in [-0.2, 0) is 30.1 Å². The van der Waals surface area contributed by atoms with Crippen LogP contribution in [-0.4, -0.2) is 50.4 Å². The standard InChI is InChI=1S/C28H23F3N6O5/c29-28(30,31)16-4-2-6-18(10-16)35-24(39)11-19(21-13-32-14-33-21)15-3-1-5-17(9-15)34-20-12-25(40)37(27(20)42)22-7-8-23(38)36-26(22)41/h1-6,9-10,12-14,19,22,34H,7-8,11H2,(H,32,33)(H,35,39)(H,36,38,41). The molecule has 2 atom stereocenters. The number of aromatic nitrogens is 2. The van der Waals surface area contributed by atoms with Crippen molar-refractivity contribution in [3.05, 3.63) is 89.6 Å². The van der Waals surface area contributed by atoms with E-state index in [1.165, 1.54) is 24.7 Å². The van der Waals surface area contributed by atoms with Crippen LogP contribution in [0.15, 0.2) is 72.8 Å². The van der Waals surface area contributed by atoms with Gasteiger partial charge in [0.15, 0.2) is 0 Å². The summed E-state index contributed by atoms with van der Waals surface area (Å²) in [5.74, 6) is -3.79. The van der Waals surface area contributed by atoms with Crippen molar-refractivity contribution in [1.29, 1.82) is 0 Å². The molecular weight excluding hydrogens is 557 g/mol. The minimum atomic E-state index is -4.56. The zero-order chi connectivity index (χ0) is 30.0. The third-order valence-electron chi connectivity index (χ3n) is 6.80. The van der Waals surface area contributed by atoms with Crippen molar-refractivity contribution in [2.45, 2.75) is 37.4 Å². The lowest BCUT2D eigenvalue weighted by Gasteiger charge is -2.28. The molecule has 14 heteroatoms. The van der Waals surface area contributed by atoms with E-state index in [4.69, 9.17) is 0 Å². The molecule has 1 saturated heterocycles. The number of nitrogens with zero attached hydrogens (tertiary/aromatic N) is 2. The van der Waals surface area contributed by atoms with Gasteiger partial charge >= 0.3 is 6.18 Å². The first-order valence-electron chi connectivity index (χ1n) is 12.7. The number of rotatable bonds is 8. The zero-order valence-electron chi connectivity index (χ0n) is 21.7. The van der Waals surface area contributed by atoms with Crippen molar-refractivity contribution in [3.8, 4) is 0 Å². The SMILES string of the molecule is O=C1CCC(N2C(=O)C=C(Nc3cccc(C(CC(=O)Nc4cccc(C(F)(F)F)c4)c4cnc[nH]4)c3)C2=O)C(=O)N1. The van der Waals surface area contributed by atoms with E-state index in [2.05, 4.69) is 25.9 Å². The van der Waals surface area contributed by atoms with E-state index in [-0.39, 0.29) is 30.6 Å². The number of hydrogen-bond acceptors (Lipinski definition) is 7. The Morgan fingerprint density at radius 1 is 1.07 bits per heavy atom. The van der Waals surface area contributed by atoms with E-state index < -0.39 is 53.2 Å². The third-order valence-corrected chi connectivity index (χ3v) is 6.80. The van der Waals surface area contributed by atoms with E-state index in [0.29, 0.717) is 16.9 Å². The number of H-pyrrole nitrogens is 1. The van der Waals surface area contributed by atoms with Gasteiger partial charge in [-0.15, -0.1) is 0 Å². The van der Waals surface area contributed by atoms with Gasteiger partial charge in [0.25, 0.3) is 11.8 Å². The summed E-state index contributed by atoms with van der Waals surface area (Å²) >= 11 is 0. The van der Waals surface area contributed by atoms with Crippen LogP contribution in [0.1, 0.15) is 42.0 Å². The van der Waals surface area contributed by atoms with Gasteiger partial charge in [0.05, 0.1) is 11.9 Å². The number of imidazole rings is 1. The second kappa shape index (κ2) is 11.3. The number of carbonyl (C=O) groups is 5. The Kier molecular flexibility index (Phi) is 7.61. The van der Waals surface area contributed by atoms with Crippen LogP contribution < -0.4 is 16.0 Å². The highest BCUT2D eigenvalue weighted by Crippen LogP contribution is 2.32.